The van der Waals surface area contributed by atoms with Gasteiger partial charge in [-0.3, -0.25) is 24.1 Å². The second-order valence-corrected chi connectivity index (χ2v) is 14.8. The second kappa shape index (κ2) is 16.6. The van der Waals surface area contributed by atoms with Crippen LogP contribution in [0.5, 0.6) is 5.75 Å². The number of hydrogen-bond acceptors (Lipinski definition) is 7. The van der Waals surface area contributed by atoms with Crippen molar-refractivity contribution in [1.29, 1.82) is 0 Å². The number of allylic oxidation sites excluding steroid dienone is 2. The Hall–Kier alpha value is -6.63. The summed E-state index contributed by atoms with van der Waals surface area (Å²) in [7, 11) is 0. The number of piperazine rings is 1. The lowest BCUT2D eigenvalue weighted by molar-refractivity contribution is -0.184. The average Bonchev–Trinajstić information content (AvgIpc) is 3.64. The molecule has 5 amide bonds. The number of rotatable bonds is 12. The molecule has 1 unspecified atom stereocenters. The molecule has 0 bridgehead atoms. The number of carbonyl (C=O) groups excluding carboxylic acids is 4. The van der Waals surface area contributed by atoms with Crippen LogP contribution >= 0.6 is 0 Å². The Morgan fingerprint density at radius 2 is 1.70 bits per heavy atom. The molecule has 0 saturated carbocycles. The molecule has 3 atom stereocenters. The Morgan fingerprint density at radius 3 is 2.44 bits per heavy atom. The van der Waals surface area contributed by atoms with E-state index in [4.69, 9.17) is 5.10 Å². The van der Waals surface area contributed by atoms with Gasteiger partial charge in [-0.05, 0) is 53.8 Å². The predicted molar refractivity (Wildman–Crippen MR) is 216 cm³/mol. The summed E-state index contributed by atoms with van der Waals surface area (Å²) in [5, 5.41) is 23.8. The molecule has 57 heavy (non-hydrogen) atoms. The predicted octanol–water partition coefficient (Wildman–Crippen LogP) is 5.03. The quantitative estimate of drug-likeness (QED) is 0.172. The number of fused-ring (bicyclic) bond motifs is 2. The van der Waals surface area contributed by atoms with Crippen molar-refractivity contribution in [3.8, 4) is 5.75 Å². The zero-order chi connectivity index (χ0) is 40.2. The fourth-order valence-electron chi connectivity index (χ4n) is 7.98. The largest absolute Gasteiger partial charge is 0.508 e. The molecule has 3 aliphatic rings. The highest BCUT2D eigenvalue weighted by molar-refractivity contribution is 5.96. The van der Waals surface area contributed by atoms with Gasteiger partial charge >= 0.3 is 6.03 Å². The maximum Gasteiger partial charge on any atom is 0.338 e. The van der Waals surface area contributed by atoms with Crippen molar-refractivity contribution in [2.75, 3.05) is 26.2 Å². The number of nitrogens with zero attached hydrogens (tertiary/aromatic N) is 6. The van der Waals surface area contributed by atoms with E-state index in [1.165, 1.54) is 5.01 Å². The standard InChI is InChI=1S/C44H48N8O5/c1-5-21-45-42(55)36-14-10-9-13-33(36)26-49-41-30(4)15-18-34(37(41)24-47-49)25-48-27-39-51(38(43(48)56)22-31-16-19-35(53)20-17-31)40(54)28-50(29(2)3)52(39)44(57)46-23-32-11-7-6-8-12-32/h5-14,16-20,24,30,38-39,53H,1-2,15,21-23,25-28H2,3-4H3,(H,45,55)(H,46,57)/t30?,38-,39-/m0/s1. The topological polar surface area (TPSA) is 143 Å². The molecule has 3 aromatic carbocycles. The molecule has 2 saturated heterocycles. The monoisotopic (exact) mass is 768 g/mol. The molecule has 4 aromatic rings. The molecular formula is C44H48N8O5. The van der Waals surface area contributed by atoms with Crippen LogP contribution in [0, 0.1) is 0 Å². The molecule has 3 heterocycles. The molecule has 294 valence electrons. The van der Waals surface area contributed by atoms with Crippen LogP contribution in [-0.2, 0) is 29.1 Å². The number of nitrogens with one attached hydrogen (secondary N) is 2. The van der Waals surface area contributed by atoms with E-state index in [0.717, 1.165) is 33.5 Å². The number of aromatic nitrogens is 2. The van der Waals surface area contributed by atoms with Crippen molar-refractivity contribution < 1.29 is 24.3 Å². The third-order valence-corrected chi connectivity index (χ3v) is 10.8. The third kappa shape index (κ3) is 8.04. The Morgan fingerprint density at radius 1 is 0.965 bits per heavy atom. The number of aromatic hydroxyl groups is 1. The molecule has 2 fully saturated rings. The summed E-state index contributed by atoms with van der Waals surface area (Å²) >= 11 is 0. The molecule has 1 aromatic heterocycles. The summed E-state index contributed by atoms with van der Waals surface area (Å²) in [6.07, 6.45) is 5.65. The van der Waals surface area contributed by atoms with Crippen LogP contribution in [0.25, 0.3) is 5.57 Å². The van der Waals surface area contributed by atoms with Gasteiger partial charge < -0.3 is 25.5 Å². The third-order valence-electron chi connectivity index (χ3n) is 10.8. The number of benzene rings is 3. The van der Waals surface area contributed by atoms with E-state index in [0.29, 0.717) is 30.8 Å². The van der Waals surface area contributed by atoms with Crippen LogP contribution in [-0.4, -0.2) is 96.8 Å². The van der Waals surface area contributed by atoms with Crippen molar-refractivity contribution in [2.45, 2.75) is 57.9 Å². The van der Waals surface area contributed by atoms with E-state index in [1.54, 1.807) is 58.1 Å². The van der Waals surface area contributed by atoms with Gasteiger partial charge in [0.05, 0.1) is 19.3 Å². The normalized spacial score (nSPS) is 19.1. The summed E-state index contributed by atoms with van der Waals surface area (Å²) in [5.74, 6) is -0.510. The fraction of sp³-hybridized carbons (Fsp3) is 0.295. The molecule has 3 N–H and O–H groups in total. The summed E-state index contributed by atoms with van der Waals surface area (Å²) in [4.78, 5) is 59.3. The van der Waals surface area contributed by atoms with Crippen LogP contribution in [0.3, 0.4) is 0 Å². The van der Waals surface area contributed by atoms with E-state index in [-0.39, 0.29) is 62.0 Å². The lowest BCUT2D eigenvalue weighted by atomic mass is 9.88. The minimum atomic E-state index is -0.925. The number of hydrazine groups is 1. The molecule has 13 heteroatoms. The highest BCUT2D eigenvalue weighted by Gasteiger charge is 2.51. The van der Waals surface area contributed by atoms with Crippen LogP contribution in [0.2, 0.25) is 0 Å². The summed E-state index contributed by atoms with van der Waals surface area (Å²) in [5.41, 5.74) is 6.40. The van der Waals surface area contributed by atoms with Gasteiger partial charge in [0.1, 0.15) is 24.5 Å². The molecule has 1 aliphatic carbocycles. The highest BCUT2D eigenvalue weighted by atomic mass is 16.3. The van der Waals surface area contributed by atoms with Crippen molar-refractivity contribution in [2.24, 2.45) is 0 Å². The van der Waals surface area contributed by atoms with Crippen LogP contribution < -0.4 is 10.6 Å². The van der Waals surface area contributed by atoms with Crippen LogP contribution in [0.4, 0.5) is 4.79 Å². The minimum Gasteiger partial charge on any atom is -0.508 e. The summed E-state index contributed by atoms with van der Waals surface area (Å²) < 4.78 is 1.93. The Labute approximate surface area is 332 Å². The van der Waals surface area contributed by atoms with E-state index in [2.05, 4.69) is 36.8 Å². The Balaban J connectivity index is 1.21. The van der Waals surface area contributed by atoms with Crippen LogP contribution in [0.1, 0.15) is 64.5 Å². The number of hydrogen-bond donors (Lipinski definition) is 3. The van der Waals surface area contributed by atoms with Crippen molar-refractivity contribution in [1.82, 2.24) is 40.2 Å². The van der Waals surface area contributed by atoms with E-state index >= 15 is 0 Å². The van der Waals surface area contributed by atoms with Crippen LogP contribution in [0.15, 0.2) is 116 Å². The molecule has 0 radical (unpaired) electrons. The molecule has 0 spiro atoms. The summed E-state index contributed by atoms with van der Waals surface area (Å²) in [6.45, 7) is 12.8. The van der Waals surface area contributed by atoms with Crippen molar-refractivity contribution >= 4 is 29.3 Å². The van der Waals surface area contributed by atoms with E-state index < -0.39 is 18.2 Å². The number of urea groups is 1. The maximum atomic E-state index is 14.7. The van der Waals surface area contributed by atoms with Crippen molar-refractivity contribution in [3.05, 3.63) is 150 Å². The van der Waals surface area contributed by atoms with Gasteiger partial charge in [0.15, 0.2) is 0 Å². The zero-order valence-electron chi connectivity index (χ0n) is 32.3. The van der Waals surface area contributed by atoms with Gasteiger partial charge in [0, 0.05) is 54.5 Å². The summed E-state index contributed by atoms with van der Waals surface area (Å²) in [6, 6.07) is 22.3. The smallest absolute Gasteiger partial charge is 0.338 e. The van der Waals surface area contributed by atoms with Gasteiger partial charge in [-0.15, -0.1) is 6.58 Å². The number of carbonyl (C=O) groups is 4. The molecule has 7 rings (SSSR count). The first-order valence-electron chi connectivity index (χ1n) is 19.2. The first kappa shape index (κ1) is 38.6. The molecule has 2 aliphatic heterocycles. The number of phenols is 1. The molecular weight excluding hydrogens is 721 g/mol. The Bertz CT molecular complexity index is 2210. The van der Waals surface area contributed by atoms with Gasteiger partial charge in [0.25, 0.3) is 5.91 Å². The molecule has 13 nitrogen and oxygen atoms in total. The SMILES string of the molecule is C=CCNC(=O)c1ccccc1Cn1ncc2c1C(C)CC=C2CN1C[C@H]2N(C(=O)CN(C(=C)C)N2C(=O)NCc2ccccc2)[C@@H](Cc2ccc(O)cc2)C1=O. The lowest BCUT2D eigenvalue weighted by Crippen LogP contribution is -2.76. The van der Waals surface area contributed by atoms with E-state index in [9.17, 15) is 24.3 Å². The van der Waals surface area contributed by atoms with Crippen molar-refractivity contribution in [3.63, 3.8) is 0 Å². The first-order valence-corrected chi connectivity index (χ1v) is 19.2. The minimum absolute atomic E-state index is 0.0583. The zero-order valence-corrected chi connectivity index (χ0v) is 32.3. The second-order valence-electron chi connectivity index (χ2n) is 14.8. The van der Waals surface area contributed by atoms with Gasteiger partial charge in [0.2, 0.25) is 11.8 Å². The average molecular weight is 769 g/mol. The first-order chi connectivity index (χ1) is 27.5. The van der Waals surface area contributed by atoms with Gasteiger partial charge in [-0.2, -0.15) is 5.10 Å². The number of phenolic OH excluding ortho intramolecular Hbond substituents is 1. The maximum absolute atomic E-state index is 14.7. The van der Waals surface area contributed by atoms with Gasteiger partial charge in [-0.1, -0.05) is 86.3 Å². The fourth-order valence-corrected chi connectivity index (χ4v) is 7.98. The highest BCUT2D eigenvalue weighted by Crippen LogP contribution is 2.37. The number of amides is 5. The lowest BCUT2D eigenvalue weighted by Gasteiger charge is -2.55. The van der Waals surface area contributed by atoms with Gasteiger partial charge in [-0.25, -0.2) is 9.80 Å². The Kier molecular flexibility index (Phi) is 11.3. The van der Waals surface area contributed by atoms with E-state index in [1.807, 2.05) is 59.4 Å².